The standard InChI is InChI=1S/C14H23ClN4O/c1-18(2)6-7-19-13(11(15)9-17-19)12(20)8-14(10-16)4-3-5-14/h9H,3-8,10,16H2,1-2H3. The van der Waals surface area contributed by atoms with Crippen LogP contribution in [0.25, 0.3) is 0 Å². The molecule has 20 heavy (non-hydrogen) atoms. The number of rotatable bonds is 7. The number of hydrogen-bond acceptors (Lipinski definition) is 4. The molecule has 0 bridgehead atoms. The lowest BCUT2D eigenvalue weighted by Crippen LogP contribution is -2.39. The number of halogens is 1. The van der Waals surface area contributed by atoms with Crippen molar-refractivity contribution in [3.63, 3.8) is 0 Å². The lowest BCUT2D eigenvalue weighted by atomic mass is 9.66. The summed E-state index contributed by atoms with van der Waals surface area (Å²) in [6.45, 7) is 2.05. The summed E-state index contributed by atoms with van der Waals surface area (Å²) in [4.78, 5) is 14.6. The summed E-state index contributed by atoms with van der Waals surface area (Å²) in [6, 6.07) is 0. The third-order valence-electron chi connectivity index (χ3n) is 4.20. The average molecular weight is 299 g/mol. The van der Waals surface area contributed by atoms with Crippen molar-refractivity contribution in [2.24, 2.45) is 11.1 Å². The van der Waals surface area contributed by atoms with Crippen LogP contribution in [0.2, 0.25) is 5.02 Å². The number of hydrogen-bond donors (Lipinski definition) is 1. The molecular formula is C14H23ClN4O. The number of nitrogens with zero attached hydrogens (tertiary/aromatic N) is 3. The predicted octanol–water partition coefficient (Wildman–Crippen LogP) is 1.80. The van der Waals surface area contributed by atoms with Gasteiger partial charge in [0.1, 0.15) is 5.69 Å². The van der Waals surface area contributed by atoms with E-state index in [9.17, 15) is 4.79 Å². The minimum Gasteiger partial charge on any atom is -0.330 e. The Morgan fingerprint density at radius 3 is 2.75 bits per heavy atom. The topological polar surface area (TPSA) is 64.2 Å². The second-order valence-corrected chi connectivity index (χ2v) is 6.43. The Bertz CT molecular complexity index is 474. The minimum atomic E-state index is -0.00292. The Kier molecular flexibility index (Phi) is 4.83. The van der Waals surface area contributed by atoms with E-state index in [2.05, 4.69) is 10.00 Å². The van der Waals surface area contributed by atoms with Gasteiger partial charge in [-0.25, -0.2) is 0 Å². The number of ketones is 1. The van der Waals surface area contributed by atoms with Gasteiger partial charge in [0.15, 0.2) is 5.78 Å². The lowest BCUT2D eigenvalue weighted by molar-refractivity contribution is 0.0775. The van der Waals surface area contributed by atoms with Gasteiger partial charge in [-0.05, 0) is 38.9 Å². The van der Waals surface area contributed by atoms with Crippen LogP contribution in [-0.4, -0.2) is 47.6 Å². The van der Waals surface area contributed by atoms with Crippen molar-refractivity contribution in [1.82, 2.24) is 14.7 Å². The summed E-state index contributed by atoms with van der Waals surface area (Å²) < 4.78 is 1.72. The lowest BCUT2D eigenvalue weighted by Gasteiger charge is -2.40. The zero-order valence-electron chi connectivity index (χ0n) is 12.2. The van der Waals surface area contributed by atoms with Crippen LogP contribution in [0.3, 0.4) is 0 Å². The molecule has 0 spiro atoms. The molecule has 2 N–H and O–H groups in total. The van der Waals surface area contributed by atoms with E-state index in [1.807, 2.05) is 14.1 Å². The molecule has 0 saturated heterocycles. The molecule has 112 valence electrons. The normalized spacial score (nSPS) is 17.2. The van der Waals surface area contributed by atoms with Gasteiger partial charge in [-0.15, -0.1) is 0 Å². The van der Waals surface area contributed by atoms with Crippen LogP contribution in [0.4, 0.5) is 0 Å². The molecule has 0 atom stereocenters. The molecule has 0 aliphatic heterocycles. The summed E-state index contributed by atoms with van der Waals surface area (Å²) in [6.07, 6.45) is 5.28. The number of carbonyl (C=O) groups excluding carboxylic acids is 1. The smallest absolute Gasteiger partial charge is 0.182 e. The predicted molar refractivity (Wildman–Crippen MR) is 80.1 cm³/mol. The summed E-state index contributed by atoms with van der Waals surface area (Å²) in [5.41, 5.74) is 6.36. The van der Waals surface area contributed by atoms with Crippen molar-refractivity contribution in [3.8, 4) is 0 Å². The SMILES string of the molecule is CN(C)CCn1ncc(Cl)c1C(=O)CC1(CN)CCC1. The fourth-order valence-corrected chi connectivity index (χ4v) is 2.90. The summed E-state index contributed by atoms with van der Waals surface area (Å²) in [7, 11) is 3.98. The van der Waals surface area contributed by atoms with Crippen molar-refractivity contribution in [2.45, 2.75) is 32.2 Å². The molecule has 1 fully saturated rings. The van der Waals surface area contributed by atoms with Crippen LogP contribution in [-0.2, 0) is 6.54 Å². The number of likely N-dealkylation sites (N-methyl/N-ethyl adjacent to an activating group) is 1. The quantitative estimate of drug-likeness (QED) is 0.780. The highest BCUT2D eigenvalue weighted by Crippen LogP contribution is 2.43. The molecule has 1 aromatic heterocycles. The monoisotopic (exact) mass is 298 g/mol. The van der Waals surface area contributed by atoms with Gasteiger partial charge in [0.25, 0.3) is 0 Å². The maximum atomic E-state index is 12.5. The highest BCUT2D eigenvalue weighted by molar-refractivity contribution is 6.33. The van der Waals surface area contributed by atoms with Crippen molar-refractivity contribution in [1.29, 1.82) is 0 Å². The molecule has 0 aromatic carbocycles. The van der Waals surface area contributed by atoms with E-state index in [1.165, 1.54) is 0 Å². The van der Waals surface area contributed by atoms with Crippen molar-refractivity contribution >= 4 is 17.4 Å². The molecule has 0 unspecified atom stereocenters. The van der Waals surface area contributed by atoms with Crippen molar-refractivity contribution in [2.75, 3.05) is 27.2 Å². The summed E-state index contributed by atoms with van der Waals surface area (Å²) in [5.74, 6) is 0.0661. The Morgan fingerprint density at radius 1 is 1.55 bits per heavy atom. The second kappa shape index (κ2) is 6.24. The largest absolute Gasteiger partial charge is 0.330 e. The molecule has 1 aliphatic carbocycles. The Morgan fingerprint density at radius 2 is 2.25 bits per heavy atom. The van der Waals surface area contributed by atoms with Gasteiger partial charge in [-0.3, -0.25) is 9.48 Å². The van der Waals surface area contributed by atoms with Crippen LogP contribution in [0, 0.1) is 5.41 Å². The van der Waals surface area contributed by atoms with Gasteiger partial charge < -0.3 is 10.6 Å². The van der Waals surface area contributed by atoms with Crippen LogP contribution < -0.4 is 5.73 Å². The fraction of sp³-hybridized carbons (Fsp3) is 0.714. The minimum absolute atomic E-state index is 0.00292. The number of nitrogens with two attached hydrogens (primary N) is 1. The average Bonchev–Trinajstić information content (AvgIpc) is 2.72. The molecular weight excluding hydrogens is 276 g/mol. The first-order chi connectivity index (χ1) is 9.47. The molecule has 0 amide bonds. The third-order valence-corrected chi connectivity index (χ3v) is 4.48. The van der Waals surface area contributed by atoms with Gasteiger partial charge in [-0.1, -0.05) is 18.0 Å². The maximum absolute atomic E-state index is 12.5. The zero-order chi connectivity index (χ0) is 14.8. The van der Waals surface area contributed by atoms with Gasteiger partial charge in [0.05, 0.1) is 17.8 Å². The van der Waals surface area contributed by atoms with E-state index in [0.29, 0.717) is 30.2 Å². The molecule has 6 heteroatoms. The molecule has 1 heterocycles. The van der Waals surface area contributed by atoms with E-state index in [4.69, 9.17) is 17.3 Å². The molecule has 1 aliphatic rings. The Labute approximate surface area is 125 Å². The highest BCUT2D eigenvalue weighted by atomic mass is 35.5. The van der Waals surface area contributed by atoms with Gasteiger partial charge in [-0.2, -0.15) is 5.10 Å². The molecule has 1 saturated carbocycles. The summed E-state index contributed by atoms with van der Waals surface area (Å²) in [5, 5.41) is 4.66. The second-order valence-electron chi connectivity index (χ2n) is 6.03. The first kappa shape index (κ1) is 15.5. The molecule has 0 radical (unpaired) electrons. The van der Waals surface area contributed by atoms with E-state index < -0.39 is 0 Å². The number of Topliss-reactive ketones (excluding diaryl/α,β-unsaturated/α-hetero) is 1. The Hall–Kier alpha value is -0.910. The van der Waals surface area contributed by atoms with Gasteiger partial charge >= 0.3 is 0 Å². The van der Waals surface area contributed by atoms with Crippen LogP contribution in [0.15, 0.2) is 6.20 Å². The van der Waals surface area contributed by atoms with Gasteiger partial charge in [0.2, 0.25) is 0 Å². The maximum Gasteiger partial charge on any atom is 0.182 e. The molecule has 5 nitrogen and oxygen atoms in total. The first-order valence-electron chi connectivity index (χ1n) is 7.07. The zero-order valence-corrected chi connectivity index (χ0v) is 13.0. The van der Waals surface area contributed by atoms with Crippen molar-refractivity contribution < 1.29 is 4.79 Å². The van der Waals surface area contributed by atoms with E-state index >= 15 is 0 Å². The summed E-state index contributed by atoms with van der Waals surface area (Å²) >= 11 is 6.14. The van der Waals surface area contributed by atoms with Crippen molar-refractivity contribution in [3.05, 3.63) is 16.9 Å². The van der Waals surface area contributed by atoms with E-state index in [0.717, 1.165) is 25.8 Å². The molecule has 1 aromatic rings. The molecule has 2 rings (SSSR count). The Balaban J connectivity index is 2.10. The van der Waals surface area contributed by atoms with Crippen LogP contribution >= 0.6 is 11.6 Å². The highest BCUT2D eigenvalue weighted by Gasteiger charge is 2.38. The van der Waals surface area contributed by atoms with Crippen LogP contribution in [0.1, 0.15) is 36.2 Å². The van der Waals surface area contributed by atoms with Crippen LogP contribution in [0.5, 0.6) is 0 Å². The fourth-order valence-electron chi connectivity index (χ4n) is 2.66. The number of aromatic nitrogens is 2. The van der Waals surface area contributed by atoms with E-state index in [-0.39, 0.29) is 11.2 Å². The van der Waals surface area contributed by atoms with Gasteiger partial charge in [0, 0.05) is 13.0 Å². The number of carbonyl (C=O) groups is 1. The van der Waals surface area contributed by atoms with E-state index in [1.54, 1.807) is 10.9 Å². The first-order valence-corrected chi connectivity index (χ1v) is 7.44. The third kappa shape index (κ3) is 3.22.